The number of benzene rings is 1. The first kappa shape index (κ1) is 15.8. The summed E-state index contributed by atoms with van der Waals surface area (Å²) in [5.41, 5.74) is 0.810. The molecule has 0 aliphatic rings. The molecular weight excluding hydrogens is 316 g/mol. The van der Waals surface area contributed by atoms with Crippen molar-refractivity contribution in [1.82, 2.24) is 5.32 Å². The summed E-state index contributed by atoms with van der Waals surface area (Å²) in [5, 5.41) is 3.67. The molecule has 2 rings (SSSR count). The molecule has 0 bridgehead atoms. The second-order valence-corrected chi connectivity index (χ2v) is 6.69. The summed E-state index contributed by atoms with van der Waals surface area (Å²) in [6, 6.07) is 8.92. The molecule has 5 heteroatoms. The van der Waals surface area contributed by atoms with Crippen molar-refractivity contribution in [2.75, 3.05) is 6.54 Å². The van der Waals surface area contributed by atoms with Gasteiger partial charge >= 0.3 is 0 Å². The lowest BCUT2D eigenvalue weighted by atomic mass is 10.0. The van der Waals surface area contributed by atoms with Gasteiger partial charge in [0.15, 0.2) is 0 Å². The van der Waals surface area contributed by atoms with Gasteiger partial charge in [0.2, 0.25) is 0 Å². The molecule has 1 N–H and O–H groups in total. The van der Waals surface area contributed by atoms with Crippen molar-refractivity contribution < 1.29 is 4.39 Å². The molecule has 0 aliphatic heterocycles. The quantitative estimate of drug-likeness (QED) is 0.739. The van der Waals surface area contributed by atoms with E-state index in [0.29, 0.717) is 6.42 Å². The normalized spacial score (nSPS) is 12.6. The minimum Gasteiger partial charge on any atom is -0.309 e. The molecule has 1 heterocycles. The highest BCUT2D eigenvalue weighted by Gasteiger charge is 2.16. The fourth-order valence-electron chi connectivity index (χ4n) is 2.03. The Morgan fingerprint density at radius 3 is 2.70 bits per heavy atom. The molecule has 20 heavy (non-hydrogen) atoms. The summed E-state index contributed by atoms with van der Waals surface area (Å²) in [7, 11) is 0. The maximum Gasteiger partial charge on any atom is 0.142 e. The van der Waals surface area contributed by atoms with E-state index in [1.807, 2.05) is 18.2 Å². The second kappa shape index (κ2) is 7.41. The van der Waals surface area contributed by atoms with E-state index >= 15 is 0 Å². The van der Waals surface area contributed by atoms with Crippen LogP contribution in [0, 0.1) is 5.82 Å². The number of hydrogen-bond donors (Lipinski definition) is 1. The predicted octanol–water partition coefficient (Wildman–Crippen LogP) is 5.48. The van der Waals surface area contributed by atoms with Gasteiger partial charge in [-0.25, -0.2) is 4.39 Å². The lowest BCUT2D eigenvalue weighted by molar-refractivity contribution is 0.534. The Morgan fingerprint density at radius 1 is 1.25 bits per heavy atom. The Bertz CT molecular complexity index is 571. The lowest BCUT2D eigenvalue weighted by Crippen LogP contribution is -2.23. The molecule has 0 amide bonds. The molecule has 1 aromatic carbocycles. The van der Waals surface area contributed by atoms with Crippen LogP contribution in [-0.2, 0) is 6.42 Å². The monoisotopic (exact) mass is 331 g/mol. The van der Waals surface area contributed by atoms with E-state index in [-0.39, 0.29) is 16.9 Å². The second-order valence-electron chi connectivity index (χ2n) is 4.57. The summed E-state index contributed by atoms with van der Waals surface area (Å²) in [4.78, 5) is 1.14. The predicted molar refractivity (Wildman–Crippen MR) is 85.5 cm³/mol. The number of thiophene rings is 1. The maximum atomic E-state index is 13.5. The molecular formula is C15H16Cl2FNS. The number of nitrogens with one attached hydrogen (secondary N) is 1. The third-order valence-corrected chi connectivity index (χ3v) is 4.80. The highest BCUT2D eigenvalue weighted by Crippen LogP contribution is 2.31. The molecule has 0 radical (unpaired) electrons. The van der Waals surface area contributed by atoms with Crippen LogP contribution in [-0.4, -0.2) is 6.54 Å². The van der Waals surface area contributed by atoms with Crippen LogP contribution < -0.4 is 5.32 Å². The van der Waals surface area contributed by atoms with Crippen LogP contribution in [0.4, 0.5) is 4.39 Å². The van der Waals surface area contributed by atoms with E-state index in [9.17, 15) is 4.39 Å². The molecule has 0 spiro atoms. The Balaban J connectivity index is 2.21. The largest absolute Gasteiger partial charge is 0.309 e. The van der Waals surface area contributed by atoms with Crippen molar-refractivity contribution in [1.29, 1.82) is 0 Å². The Kier molecular flexibility index (Phi) is 5.85. The van der Waals surface area contributed by atoms with E-state index in [2.05, 4.69) is 12.2 Å². The van der Waals surface area contributed by atoms with Crippen LogP contribution in [0.1, 0.15) is 29.8 Å². The molecule has 1 nitrogen and oxygen atoms in total. The van der Waals surface area contributed by atoms with E-state index < -0.39 is 0 Å². The van der Waals surface area contributed by atoms with Gasteiger partial charge in [-0.1, -0.05) is 42.3 Å². The van der Waals surface area contributed by atoms with Gasteiger partial charge in [0.1, 0.15) is 5.82 Å². The van der Waals surface area contributed by atoms with Gasteiger partial charge in [-0.15, -0.1) is 11.3 Å². The Labute approximate surface area is 132 Å². The molecule has 108 valence electrons. The highest BCUT2D eigenvalue weighted by molar-refractivity contribution is 7.16. The van der Waals surface area contributed by atoms with Gasteiger partial charge in [-0.3, -0.25) is 0 Å². The van der Waals surface area contributed by atoms with Crippen molar-refractivity contribution >= 4 is 34.5 Å². The smallest absolute Gasteiger partial charge is 0.142 e. The zero-order valence-corrected chi connectivity index (χ0v) is 13.5. The Hall–Kier alpha value is -0.610. The number of hydrogen-bond acceptors (Lipinski definition) is 2. The summed E-state index contributed by atoms with van der Waals surface area (Å²) in [5.74, 6) is -0.373. The van der Waals surface area contributed by atoms with Gasteiger partial charge in [-0.05, 0) is 43.1 Å². The van der Waals surface area contributed by atoms with Crippen LogP contribution in [0.3, 0.4) is 0 Å². The van der Waals surface area contributed by atoms with Crippen LogP contribution in [0.25, 0.3) is 0 Å². The first-order chi connectivity index (χ1) is 9.61. The molecule has 1 atom stereocenters. The average Bonchev–Trinajstić information content (AvgIpc) is 2.86. The van der Waals surface area contributed by atoms with Gasteiger partial charge in [0, 0.05) is 10.9 Å². The van der Waals surface area contributed by atoms with Gasteiger partial charge in [0.25, 0.3) is 0 Å². The van der Waals surface area contributed by atoms with Crippen LogP contribution in [0.2, 0.25) is 9.36 Å². The third-order valence-electron chi connectivity index (χ3n) is 3.03. The van der Waals surface area contributed by atoms with Gasteiger partial charge in [-0.2, -0.15) is 0 Å². The van der Waals surface area contributed by atoms with Crippen LogP contribution >= 0.6 is 34.5 Å². The standard InChI is InChI=1S/C15H16Cl2FNS/c1-2-8-19-12(13-6-7-14(16)20-13)9-10-4-3-5-11(18)15(10)17/h3-7,12,19H,2,8-9H2,1H3. The minimum absolute atomic E-state index is 0.103. The van der Waals surface area contributed by atoms with Crippen molar-refractivity contribution in [2.24, 2.45) is 0 Å². The molecule has 1 unspecified atom stereocenters. The first-order valence-corrected chi connectivity index (χ1v) is 8.10. The summed E-state index contributed by atoms with van der Waals surface area (Å²) < 4.78 is 14.3. The molecule has 0 saturated heterocycles. The highest BCUT2D eigenvalue weighted by atomic mass is 35.5. The summed E-state index contributed by atoms with van der Waals surface area (Å²) >= 11 is 13.6. The lowest BCUT2D eigenvalue weighted by Gasteiger charge is -2.18. The fraction of sp³-hybridized carbons (Fsp3) is 0.333. The van der Waals surface area contributed by atoms with E-state index in [4.69, 9.17) is 23.2 Å². The van der Waals surface area contributed by atoms with Crippen LogP contribution in [0.15, 0.2) is 30.3 Å². The van der Waals surface area contributed by atoms with E-state index in [1.54, 1.807) is 17.4 Å². The van der Waals surface area contributed by atoms with Crippen molar-refractivity contribution in [3.8, 4) is 0 Å². The van der Waals surface area contributed by atoms with Crippen molar-refractivity contribution in [2.45, 2.75) is 25.8 Å². The van der Waals surface area contributed by atoms with Gasteiger partial charge in [0.05, 0.1) is 9.36 Å². The molecule has 2 aromatic rings. The third kappa shape index (κ3) is 3.95. The summed E-state index contributed by atoms with van der Waals surface area (Å²) in [6.07, 6.45) is 1.68. The van der Waals surface area contributed by atoms with E-state index in [1.165, 1.54) is 6.07 Å². The zero-order chi connectivity index (χ0) is 14.5. The SMILES string of the molecule is CCCNC(Cc1cccc(F)c1Cl)c1ccc(Cl)s1. The zero-order valence-electron chi connectivity index (χ0n) is 11.1. The Morgan fingerprint density at radius 2 is 2.05 bits per heavy atom. The van der Waals surface area contributed by atoms with Gasteiger partial charge < -0.3 is 5.32 Å². The average molecular weight is 332 g/mol. The molecule has 0 fully saturated rings. The van der Waals surface area contributed by atoms with Crippen LogP contribution in [0.5, 0.6) is 0 Å². The molecule has 0 saturated carbocycles. The molecule has 0 aliphatic carbocycles. The van der Waals surface area contributed by atoms with E-state index in [0.717, 1.165) is 27.7 Å². The van der Waals surface area contributed by atoms with Crippen molar-refractivity contribution in [3.05, 3.63) is 55.9 Å². The molecule has 1 aromatic heterocycles. The number of halogens is 3. The summed E-state index contributed by atoms with van der Waals surface area (Å²) in [6.45, 7) is 3.01. The topological polar surface area (TPSA) is 12.0 Å². The number of rotatable bonds is 6. The minimum atomic E-state index is -0.373. The first-order valence-electron chi connectivity index (χ1n) is 6.53. The van der Waals surface area contributed by atoms with Crippen molar-refractivity contribution in [3.63, 3.8) is 0 Å². The maximum absolute atomic E-state index is 13.5. The fourth-order valence-corrected chi connectivity index (χ4v) is 3.37.